The molecule has 0 radical (unpaired) electrons. The van der Waals surface area contributed by atoms with Gasteiger partial charge in [0.05, 0.1) is 22.9 Å². The van der Waals surface area contributed by atoms with Crippen LogP contribution in [0.25, 0.3) is 11.0 Å². The van der Waals surface area contributed by atoms with Crippen molar-refractivity contribution >= 4 is 28.9 Å². The third-order valence-electron chi connectivity index (χ3n) is 4.72. The van der Waals surface area contributed by atoms with Gasteiger partial charge in [-0.1, -0.05) is 24.2 Å². The first-order valence-electron chi connectivity index (χ1n) is 9.69. The molecular formula is C23H23N5O2. The van der Waals surface area contributed by atoms with Gasteiger partial charge in [-0.25, -0.2) is 4.98 Å². The molecule has 0 bridgehead atoms. The lowest BCUT2D eigenvalue weighted by atomic mass is 10.1. The number of pyridine rings is 1. The van der Waals surface area contributed by atoms with Gasteiger partial charge in [0.2, 0.25) is 5.95 Å². The van der Waals surface area contributed by atoms with Crippen LogP contribution in [0.3, 0.4) is 0 Å². The van der Waals surface area contributed by atoms with Crippen LogP contribution in [0.1, 0.15) is 18.2 Å². The molecule has 0 aliphatic rings. The molecule has 2 aromatic carbocycles. The van der Waals surface area contributed by atoms with Crippen molar-refractivity contribution in [3.05, 3.63) is 72.1 Å². The second-order valence-electron chi connectivity index (χ2n) is 6.76. The summed E-state index contributed by atoms with van der Waals surface area (Å²) in [5, 5.41) is 7.13. The summed E-state index contributed by atoms with van der Waals surface area (Å²) in [4.78, 5) is 13.6. The first-order valence-corrected chi connectivity index (χ1v) is 9.69. The van der Waals surface area contributed by atoms with Gasteiger partial charge in [-0.15, -0.1) is 0 Å². The molecule has 0 fully saturated rings. The van der Waals surface area contributed by atoms with Gasteiger partial charge in [-0.2, -0.15) is 0 Å². The van der Waals surface area contributed by atoms with Crippen molar-refractivity contribution in [2.75, 3.05) is 12.4 Å². The van der Waals surface area contributed by atoms with Gasteiger partial charge in [-0.05, 0) is 42.3 Å². The highest BCUT2D eigenvalue weighted by Gasteiger charge is 2.10. The van der Waals surface area contributed by atoms with E-state index in [1.54, 1.807) is 18.3 Å². The molecule has 0 atom stereocenters. The number of rotatable bonds is 7. The van der Waals surface area contributed by atoms with E-state index in [9.17, 15) is 0 Å². The van der Waals surface area contributed by atoms with Crippen LogP contribution in [-0.4, -0.2) is 27.9 Å². The number of imidazole rings is 1. The van der Waals surface area contributed by atoms with E-state index in [1.807, 2.05) is 35.9 Å². The van der Waals surface area contributed by atoms with Crippen LogP contribution < -0.4 is 10.1 Å². The molecule has 2 aromatic heterocycles. The predicted molar refractivity (Wildman–Crippen MR) is 119 cm³/mol. The number of oxime groups is 1. The molecule has 7 heteroatoms. The van der Waals surface area contributed by atoms with E-state index in [0.29, 0.717) is 17.2 Å². The van der Waals surface area contributed by atoms with E-state index >= 15 is 0 Å². The molecule has 2 heterocycles. The van der Waals surface area contributed by atoms with Crippen molar-refractivity contribution < 1.29 is 9.57 Å². The number of anilines is 2. The Morgan fingerprint density at radius 3 is 2.80 bits per heavy atom. The molecule has 0 aliphatic carbocycles. The monoisotopic (exact) mass is 401 g/mol. The summed E-state index contributed by atoms with van der Waals surface area (Å²) in [5.41, 5.74) is 4.81. The number of fused-ring (bicyclic) bond motifs is 1. The SMILES string of the molecule is CCc1cccc(Nc2nc3cc(Oc4ccnc(/C=N\OC)c4)ccc3n2C)c1. The smallest absolute Gasteiger partial charge is 0.208 e. The lowest BCUT2D eigenvalue weighted by molar-refractivity contribution is 0.215. The lowest BCUT2D eigenvalue weighted by Gasteiger charge is -2.07. The first kappa shape index (κ1) is 19.4. The summed E-state index contributed by atoms with van der Waals surface area (Å²) in [6.45, 7) is 2.14. The molecule has 0 saturated heterocycles. The van der Waals surface area contributed by atoms with Crippen LogP contribution in [0.2, 0.25) is 0 Å². The second-order valence-corrected chi connectivity index (χ2v) is 6.76. The van der Waals surface area contributed by atoms with Gasteiger partial charge in [0, 0.05) is 31.1 Å². The van der Waals surface area contributed by atoms with E-state index in [2.05, 4.69) is 40.6 Å². The Morgan fingerprint density at radius 2 is 1.97 bits per heavy atom. The van der Waals surface area contributed by atoms with Crippen LogP contribution in [0.4, 0.5) is 11.6 Å². The van der Waals surface area contributed by atoms with Crippen molar-refractivity contribution in [2.45, 2.75) is 13.3 Å². The third-order valence-corrected chi connectivity index (χ3v) is 4.72. The zero-order chi connectivity index (χ0) is 20.9. The summed E-state index contributed by atoms with van der Waals surface area (Å²) in [5.74, 6) is 2.13. The van der Waals surface area contributed by atoms with Crippen molar-refractivity contribution in [3.8, 4) is 11.5 Å². The van der Waals surface area contributed by atoms with Gasteiger partial charge >= 0.3 is 0 Å². The molecule has 0 amide bonds. The Balaban J connectivity index is 1.58. The minimum Gasteiger partial charge on any atom is -0.457 e. The standard InChI is InChI=1S/C23H23N5O2/c1-4-16-6-5-7-17(12-16)26-23-27-21-14-19(8-9-22(21)28(23)2)30-20-10-11-24-18(13-20)15-25-29-3/h5-15H,4H2,1-3H3,(H,26,27)/b25-15-. The molecule has 152 valence electrons. The van der Waals surface area contributed by atoms with Crippen LogP contribution in [0.15, 0.2) is 65.9 Å². The molecule has 7 nitrogen and oxygen atoms in total. The largest absolute Gasteiger partial charge is 0.457 e. The zero-order valence-corrected chi connectivity index (χ0v) is 17.2. The van der Waals surface area contributed by atoms with E-state index in [0.717, 1.165) is 29.1 Å². The van der Waals surface area contributed by atoms with Crippen molar-refractivity contribution in [3.63, 3.8) is 0 Å². The Morgan fingerprint density at radius 1 is 1.10 bits per heavy atom. The zero-order valence-electron chi connectivity index (χ0n) is 17.2. The summed E-state index contributed by atoms with van der Waals surface area (Å²) in [6, 6.07) is 17.8. The van der Waals surface area contributed by atoms with Crippen molar-refractivity contribution in [1.82, 2.24) is 14.5 Å². The molecule has 30 heavy (non-hydrogen) atoms. The maximum absolute atomic E-state index is 5.99. The number of hydrogen-bond donors (Lipinski definition) is 1. The van der Waals surface area contributed by atoms with Gasteiger partial charge in [0.1, 0.15) is 18.6 Å². The molecule has 1 N–H and O–H groups in total. The van der Waals surface area contributed by atoms with E-state index in [4.69, 9.17) is 14.6 Å². The normalized spacial score (nSPS) is 11.2. The maximum atomic E-state index is 5.99. The highest BCUT2D eigenvalue weighted by atomic mass is 16.6. The maximum Gasteiger partial charge on any atom is 0.208 e. The Kier molecular flexibility index (Phi) is 5.61. The molecule has 0 aliphatic heterocycles. The number of nitrogens with zero attached hydrogens (tertiary/aromatic N) is 4. The van der Waals surface area contributed by atoms with Crippen molar-refractivity contribution in [1.29, 1.82) is 0 Å². The number of aryl methyl sites for hydroxylation is 2. The highest BCUT2D eigenvalue weighted by molar-refractivity contribution is 5.81. The average molecular weight is 401 g/mol. The fourth-order valence-electron chi connectivity index (χ4n) is 3.16. The molecular weight excluding hydrogens is 378 g/mol. The van der Waals surface area contributed by atoms with Crippen LogP contribution >= 0.6 is 0 Å². The Labute approximate surface area is 175 Å². The van der Waals surface area contributed by atoms with E-state index in [-0.39, 0.29) is 0 Å². The van der Waals surface area contributed by atoms with E-state index < -0.39 is 0 Å². The summed E-state index contributed by atoms with van der Waals surface area (Å²) >= 11 is 0. The van der Waals surface area contributed by atoms with Gasteiger partial charge in [0.15, 0.2) is 0 Å². The fourth-order valence-corrected chi connectivity index (χ4v) is 3.16. The fraction of sp³-hybridized carbons (Fsp3) is 0.174. The van der Waals surface area contributed by atoms with E-state index in [1.165, 1.54) is 18.9 Å². The Bertz CT molecular complexity index is 1200. The molecule has 4 rings (SSSR count). The minimum absolute atomic E-state index is 0.647. The number of hydrogen-bond acceptors (Lipinski definition) is 6. The van der Waals surface area contributed by atoms with Crippen LogP contribution in [-0.2, 0) is 18.3 Å². The number of ether oxygens (including phenoxy) is 1. The predicted octanol–water partition coefficient (Wildman–Crippen LogP) is 5.05. The summed E-state index contributed by atoms with van der Waals surface area (Å²) in [6.07, 6.45) is 4.19. The highest BCUT2D eigenvalue weighted by Crippen LogP contribution is 2.28. The average Bonchev–Trinajstić information content (AvgIpc) is 3.07. The molecule has 0 saturated carbocycles. The van der Waals surface area contributed by atoms with Crippen molar-refractivity contribution in [2.24, 2.45) is 12.2 Å². The van der Waals surface area contributed by atoms with Crippen LogP contribution in [0, 0.1) is 0 Å². The summed E-state index contributed by atoms with van der Waals surface area (Å²) < 4.78 is 8.02. The van der Waals surface area contributed by atoms with Gasteiger partial charge in [-0.3, -0.25) is 4.98 Å². The van der Waals surface area contributed by atoms with Gasteiger partial charge in [0.25, 0.3) is 0 Å². The number of benzene rings is 2. The van der Waals surface area contributed by atoms with Crippen LogP contribution in [0.5, 0.6) is 11.5 Å². The number of aromatic nitrogens is 3. The molecule has 4 aromatic rings. The first-order chi connectivity index (χ1) is 14.7. The molecule has 0 unspecified atom stereocenters. The van der Waals surface area contributed by atoms with Gasteiger partial charge < -0.3 is 19.5 Å². The quantitative estimate of drug-likeness (QED) is 0.347. The lowest BCUT2D eigenvalue weighted by Crippen LogP contribution is -1.99. The third kappa shape index (κ3) is 4.25. The molecule has 0 spiro atoms. The summed E-state index contributed by atoms with van der Waals surface area (Å²) in [7, 11) is 3.48. The minimum atomic E-state index is 0.647. The second kappa shape index (κ2) is 8.65. The topological polar surface area (TPSA) is 73.6 Å². The number of nitrogens with one attached hydrogen (secondary N) is 1. The Hall–Kier alpha value is -3.87.